The van der Waals surface area contributed by atoms with Gasteiger partial charge < -0.3 is 24.7 Å². The Bertz CT molecular complexity index is 1710. The van der Waals surface area contributed by atoms with E-state index in [-0.39, 0.29) is 22.1 Å². The number of nitrogens with zero attached hydrogens (tertiary/aromatic N) is 1. The topological polar surface area (TPSA) is 104 Å². The summed E-state index contributed by atoms with van der Waals surface area (Å²) in [5.41, 5.74) is 7.87. The van der Waals surface area contributed by atoms with Crippen molar-refractivity contribution in [3.63, 3.8) is 0 Å². The third-order valence-electron chi connectivity index (χ3n) is 6.27. The van der Waals surface area contributed by atoms with Gasteiger partial charge in [-0.1, -0.05) is 55.2 Å². The number of carbonyl (C=O) groups is 1. The Kier molecular flexibility index (Phi) is 7.81. The summed E-state index contributed by atoms with van der Waals surface area (Å²) in [5.74, 6) is 0.896. The summed E-state index contributed by atoms with van der Waals surface area (Å²) < 4.78 is 23.7. The number of esters is 1. The van der Waals surface area contributed by atoms with Crippen LogP contribution in [0.4, 0.5) is 0 Å². The van der Waals surface area contributed by atoms with E-state index in [9.17, 15) is 10.1 Å². The summed E-state index contributed by atoms with van der Waals surface area (Å²) in [4.78, 5) is 13.3. The molecule has 0 saturated carbocycles. The lowest BCUT2D eigenvalue weighted by Gasteiger charge is -2.27. The molecule has 0 saturated heterocycles. The minimum Gasteiger partial charge on any atom is -0.493 e. The number of allylic oxidation sites excluding steroid dienone is 1. The van der Waals surface area contributed by atoms with Crippen molar-refractivity contribution >= 4 is 50.6 Å². The zero-order valence-corrected chi connectivity index (χ0v) is 24.1. The van der Waals surface area contributed by atoms with Crippen LogP contribution in [0.15, 0.2) is 66.1 Å². The van der Waals surface area contributed by atoms with Gasteiger partial charge >= 0.3 is 5.97 Å². The van der Waals surface area contributed by atoms with Crippen molar-refractivity contribution in [2.24, 2.45) is 11.7 Å². The predicted molar refractivity (Wildman–Crippen MR) is 156 cm³/mol. The molecule has 2 heterocycles. The van der Waals surface area contributed by atoms with E-state index in [0.717, 1.165) is 15.6 Å². The van der Waals surface area contributed by atoms with E-state index in [4.69, 9.17) is 47.9 Å². The zero-order chi connectivity index (χ0) is 28.6. The van der Waals surface area contributed by atoms with Crippen LogP contribution in [-0.4, -0.2) is 19.7 Å². The highest BCUT2D eigenvalue weighted by molar-refractivity contribution is 7.21. The average molecular weight is 596 g/mol. The first-order chi connectivity index (χ1) is 19.2. The maximum absolute atomic E-state index is 13.0. The molecule has 0 spiro atoms. The number of thiophene rings is 1. The van der Waals surface area contributed by atoms with Crippen molar-refractivity contribution in [2.75, 3.05) is 13.7 Å². The maximum atomic E-state index is 13.0. The van der Waals surface area contributed by atoms with E-state index >= 15 is 0 Å². The van der Waals surface area contributed by atoms with Gasteiger partial charge in [-0.15, -0.1) is 11.3 Å². The summed E-state index contributed by atoms with van der Waals surface area (Å²) in [7, 11) is 1.56. The van der Waals surface area contributed by atoms with Crippen LogP contribution in [0, 0.1) is 17.2 Å². The van der Waals surface area contributed by atoms with Crippen LogP contribution in [0.3, 0.4) is 0 Å². The van der Waals surface area contributed by atoms with Crippen molar-refractivity contribution in [3.8, 4) is 29.1 Å². The molecule has 0 radical (unpaired) electrons. The molecule has 1 aromatic heterocycles. The van der Waals surface area contributed by atoms with Crippen molar-refractivity contribution in [2.45, 2.75) is 19.8 Å². The Morgan fingerprint density at radius 2 is 1.93 bits per heavy atom. The van der Waals surface area contributed by atoms with Crippen molar-refractivity contribution in [1.82, 2.24) is 0 Å². The van der Waals surface area contributed by atoms with Gasteiger partial charge in [0.05, 0.1) is 24.7 Å². The van der Waals surface area contributed by atoms with Gasteiger partial charge in [-0.05, 0) is 41.8 Å². The standard InChI is InChI=1S/C30H24Cl2N2O5S/c1-15(2)14-37-22-9-4-16(10-24(22)36-3)26-19-8-6-18(12-23(19)39-29(34)21(26)13-33)38-30(35)28-27(32)20-7-5-17(31)11-25(20)40-28/h4-12,15,26H,14,34H2,1-3H3. The van der Waals surface area contributed by atoms with Crippen LogP contribution >= 0.6 is 34.5 Å². The molecule has 0 aliphatic carbocycles. The number of methoxy groups -OCH3 is 1. The molecule has 2 N–H and O–H groups in total. The molecule has 1 aliphatic rings. The fourth-order valence-corrected chi connectivity index (χ4v) is 6.07. The quantitative estimate of drug-likeness (QED) is 0.173. The third-order valence-corrected chi connectivity index (χ3v) is 8.14. The van der Waals surface area contributed by atoms with Gasteiger partial charge in [-0.3, -0.25) is 0 Å². The fraction of sp³-hybridized carbons (Fsp3) is 0.200. The zero-order valence-electron chi connectivity index (χ0n) is 21.8. The molecule has 7 nitrogen and oxygen atoms in total. The molecule has 4 aromatic rings. The SMILES string of the molecule is COc1cc(C2C(C#N)=C(N)Oc3cc(OC(=O)c4sc5cc(Cl)ccc5c4Cl)ccc32)ccc1OCC(C)C. The second-order valence-corrected chi connectivity index (χ2v) is 11.4. The smallest absolute Gasteiger partial charge is 0.355 e. The summed E-state index contributed by atoms with van der Waals surface area (Å²) in [5, 5.41) is 11.5. The van der Waals surface area contributed by atoms with Crippen LogP contribution in [0.25, 0.3) is 10.1 Å². The van der Waals surface area contributed by atoms with E-state index in [0.29, 0.717) is 45.4 Å². The number of hydrogen-bond donors (Lipinski definition) is 1. The maximum Gasteiger partial charge on any atom is 0.355 e. The lowest BCUT2D eigenvalue weighted by molar-refractivity contribution is 0.0740. The normalized spacial score (nSPS) is 14.5. The van der Waals surface area contributed by atoms with E-state index in [2.05, 4.69) is 19.9 Å². The van der Waals surface area contributed by atoms with Crippen LogP contribution < -0.4 is 24.7 Å². The van der Waals surface area contributed by atoms with Gasteiger partial charge in [0.1, 0.15) is 28.0 Å². The minimum atomic E-state index is -0.613. The molecule has 40 heavy (non-hydrogen) atoms. The molecular formula is C30H24Cl2N2O5S. The summed E-state index contributed by atoms with van der Waals surface area (Å²) in [6.07, 6.45) is 0. The Morgan fingerprint density at radius 3 is 2.65 bits per heavy atom. The van der Waals surface area contributed by atoms with Gasteiger partial charge in [0.15, 0.2) is 11.5 Å². The van der Waals surface area contributed by atoms with Crippen molar-refractivity contribution in [3.05, 3.63) is 92.1 Å². The first-order valence-corrected chi connectivity index (χ1v) is 13.9. The van der Waals surface area contributed by atoms with Crippen molar-refractivity contribution in [1.29, 1.82) is 5.26 Å². The molecule has 0 amide bonds. The number of carbonyl (C=O) groups excluding carboxylic acids is 1. The average Bonchev–Trinajstić information content (AvgIpc) is 3.26. The number of nitriles is 1. The molecule has 10 heteroatoms. The lowest BCUT2D eigenvalue weighted by atomic mass is 9.83. The molecule has 5 rings (SSSR count). The summed E-state index contributed by atoms with van der Waals surface area (Å²) in [6.45, 7) is 4.66. The lowest BCUT2D eigenvalue weighted by Crippen LogP contribution is -2.21. The molecule has 1 atom stereocenters. The molecular weight excluding hydrogens is 571 g/mol. The van der Waals surface area contributed by atoms with Crippen LogP contribution in [0.1, 0.15) is 40.6 Å². The number of rotatable bonds is 7. The highest BCUT2D eigenvalue weighted by Crippen LogP contribution is 2.45. The van der Waals surface area contributed by atoms with Crippen LogP contribution in [0.5, 0.6) is 23.0 Å². The number of fused-ring (bicyclic) bond motifs is 2. The monoisotopic (exact) mass is 594 g/mol. The highest BCUT2D eigenvalue weighted by atomic mass is 35.5. The van der Waals surface area contributed by atoms with Crippen LogP contribution in [0.2, 0.25) is 10.0 Å². The number of ether oxygens (including phenoxy) is 4. The second kappa shape index (κ2) is 11.3. The largest absolute Gasteiger partial charge is 0.493 e. The van der Waals surface area contributed by atoms with Crippen LogP contribution in [-0.2, 0) is 0 Å². The van der Waals surface area contributed by atoms with E-state index in [1.165, 1.54) is 11.3 Å². The summed E-state index contributed by atoms with van der Waals surface area (Å²) >= 11 is 13.7. The molecule has 1 unspecified atom stereocenters. The van der Waals surface area contributed by atoms with E-state index in [1.54, 1.807) is 43.5 Å². The van der Waals surface area contributed by atoms with Crippen molar-refractivity contribution < 1.29 is 23.7 Å². The molecule has 1 aliphatic heterocycles. The van der Waals surface area contributed by atoms with E-state index in [1.807, 2.05) is 18.2 Å². The third kappa shape index (κ3) is 5.28. The first kappa shape index (κ1) is 27.7. The minimum absolute atomic E-state index is 0.0352. The molecule has 3 aromatic carbocycles. The van der Waals surface area contributed by atoms with E-state index < -0.39 is 11.9 Å². The number of benzene rings is 3. The number of halogens is 2. The van der Waals surface area contributed by atoms with Gasteiger partial charge in [0.25, 0.3) is 0 Å². The molecule has 204 valence electrons. The summed E-state index contributed by atoms with van der Waals surface area (Å²) in [6, 6.07) is 17.9. The predicted octanol–water partition coefficient (Wildman–Crippen LogP) is 7.69. The van der Waals surface area contributed by atoms with Gasteiger partial charge in [-0.25, -0.2) is 4.79 Å². The van der Waals surface area contributed by atoms with Gasteiger partial charge in [-0.2, -0.15) is 5.26 Å². The second-order valence-electron chi connectivity index (χ2n) is 9.51. The first-order valence-electron chi connectivity index (χ1n) is 12.3. The Balaban J connectivity index is 1.47. The molecule has 0 fully saturated rings. The Hall–Kier alpha value is -3.90. The fourth-order valence-electron chi connectivity index (χ4n) is 4.41. The number of nitrogens with two attached hydrogens (primary N) is 1. The highest BCUT2D eigenvalue weighted by Gasteiger charge is 2.32. The number of hydrogen-bond acceptors (Lipinski definition) is 8. The van der Waals surface area contributed by atoms with Gasteiger partial charge in [0.2, 0.25) is 5.88 Å². The molecule has 0 bridgehead atoms. The van der Waals surface area contributed by atoms with Gasteiger partial charge in [0, 0.05) is 26.7 Å². The Labute approximate surface area is 245 Å². The Morgan fingerprint density at radius 1 is 1.12 bits per heavy atom.